The summed E-state index contributed by atoms with van der Waals surface area (Å²) < 4.78 is 5.43. The van der Waals surface area contributed by atoms with E-state index in [0.717, 1.165) is 11.1 Å². The molecule has 0 bridgehead atoms. The molecule has 2 heterocycles. The lowest BCUT2D eigenvalue weighted by atomic mass is 10.00. The lowest BCUT2D eigenvalue weighted by molar-refractivity contribution is -0.137. The van der Waals surface area contributed by atoms with E-state index in [9.17, 15) is 4.79 Å². The Labute approximate surface area is 169 Å². The molecule has 0 aliphatic carbocycles. The minimum absolute atomic E-state index is 0.0450. The summed E-state index contributed by atoms with van der Waals surface area (Å²) in [4.78, 5) is 16.5. The van der Waals surface area contributed by atoms with Crippen LogP contribution in [-0.2, 0) is 9.53 Å². The zero-order chi connectivity index (χ0) is 19.2. The van der Waals surface area contributed by atoms with Crippen molar-refractivity contribution >= 4 is 17.2 Å². The Morgan fingerprint density at radius 3 is 2.14 bits per heavy atom. The zero-order valence-electron chi connectivity index (χ0n) is 15.7. The van der Waals surface area contributed by atoms with Crippen molar-refractivity contribution in [1.82, 2.24) is 10.2 Å². The summed E-state index contributed by atoms with van der Waals surface area (Å²) in [6.45, 7) is 2.47. The number of thiophene rings is 1. The van der Waals surface area contributed by atoms with E-state index in [2.05, 4.69) is 35.0 Å². The van der Waals surface area contributed by atoms with E-state index in [1.54, 1.807) is 11.3 Å². The van der Waals surface area contributed by atoms with Crippen molar-refractivity contribution in [3.8, 4) is 0 Å². The van der Waals surface area contributed by atoms with Gasteiger partial charge in [-0.05, 0) is 22.6 Å². The van der Waals surface area contributed by atoms with E-state index in [0.29, 0.717) is 26.3 Å². The molecule has 28 heavy (non-hydrogen) atoms. The first-order valence-corrected chi connectivity index (χ1v) is 10.5. The molecule has 1 aromatic heterocycles. The molecule has 1 aliphatic rings. The van der Waals surface area contributed by atoms with Crippen molar-refractivity contribution in [3.63, 3.8) is 0 Å². The van der Waals surface area contributed by atoms with Gasteiger partial charge in [0.15, 0.2) is 0 Å². The molecule has 0 radical (unpaired) electrons. The van der Waals surface area contributed by atoms with Gasteiger partial charge in [0.05, 0.1) is 19.3 Å². The molecule has 5 heteroatoms. The minimum atomic E-state index is -0.411. The molecular formula is C23H24N2O2S. The fraction of sp³-hybridized carbons (Fsp3) is 0.261. The topological polar surface area (TPSA) is 41.6 Å². The first-order chi connectivity index (χ1) is 13.8. The van der Waals surface area contributed by atoms with Crippen molar-refractivity contribution in [3.05, 3.63) is 94.2 Å². The van der Waals surface area contributed by atoms with Gasteiger partial charge in [-0.2, -0.15) is 0 Å². The smallest absolute Gasteiger partial charge is 0.244 e. The maximum absolute atomic E-state index is 13.4. The van der Waals surface area contributed by atoms with Crippen LogP contribution in [0.4, 0.5) is 0 Å². The molecule has 4 rings (SSSR count). The maximum Gasteiger partial charge on any atom is 0.244 e. The molecule has 0 unspecified atom stereocenters. The van der Waals surface area contributed by atoms with Crippen LogP contribution >= 0.6 is 11.3 Å². The van der Waals surface area contributed by atoms with Crippen molar-refractivity contribution < 1.29 is 9.53 Å². The second-order valence-electron chi connectivity index (χ2n) is 6.81. The molecular weight excluding hydrogens is 368 g/mol. The van der Waals surface area contributed by atoms with Crippen molar-refractivity contribution in [1.29, 1.82) is 0 Å². The molecule has 2 aromatic carbocycles. The first-order valence-electron chi connectivity index (χ1n) is 9.59. The third-order valence-electron chi connectivity index (χ3n) is 5.00. The van der Waals surface area contributed by atoms with Gasteiger partial charge in [-0.1, -0.05) is 66.7 Å². The van der Waals surface area contributed by atoms with Gasteiger partial charge >= 0.3 is 0 Å². The number of ether oxygens (including phenoxy) is 1. The van der Waals surface area contributed by atoms with Crippen LogP contribution in [-0.4, -0.2) is 37.1 Å². The molecule has 4 nitrogen and oxygen atoms in total. The van der Waals surface area contributed by atoms with Gasteiger partial charge < -0.3 is 9.64 Å². The number of morpholine rings is 1. The van der Waals surface area contributed by atoms with Crippen molar-refractivity contribution in [2.75, 3.05) is 26.3 Å². The zero-order valence-corrected chi connectivity index (χ0v) is 16.5. The van der Waals surface area contributed by atoms with Gasteiger partial charge in [-0.3, -0.25) is 10.1 Å². The Morgan fingerprint density at radius 2 is 1.54 bits per heavy atom. The fourth-order valence-electron chi connectivity index (χ4n) is 3.53. The van der Waals surface area contributed by atoms with Crippen molar-refractivity contribution in [2.24, 2.45) is 0 Å². The third kappa shape index (κ3) is 4.33. The van der Waals surface area contributed by atoms with E-state index >= 15 is 0 Å². The Balaban J connectivity index is 1.67. The third-order valence-corrected chi connectivity index (χ3v) is 5.93. The molecule has 0 spiro atoms. The molecule has 3 aromatic rings. The van der Waals surface area contributed by atoms with Crippen LogP contribution in [0.5, 0.6) is 0 Å². The largest absolute Gasteiger partial charge is 0.378 e. The predicted octanol–water partition coefficient (Wildman–Crippen LogP) is 4.03. The summed E-state index contributed by atoms with van der Waals surface area (Å²) in [6, 6.07) is 24.0. The average Bonchev–Trinajstić information content (AvgIpc) is 3.30. The number of nitrogens with zero attached hydrogens (tertiary/aromatic N) is 1. The monoisotopic (exact) mass is 392 g/mol. The quantitative estimate of drug-likeness (QED) is 0.689. The molecule has 1 fully saturated rings. The summed E-state index contributed by atoms with van der Waals surface area (Å²) in [5, 5.41) is 5.74. The average molecular weight is 393 g/mol. The SMILES string of the molecule is O=C([C@H](N[C@@H](c1ccccc1)c1cccs1)c1ccccc1)N1CCOCC1. The van der Waals surface area contributed by atoms with Gasteiger partial charge in [0.1, 0.15) is 6.04 Å². The van der Waals surface area contributed by atoms with Crippen LogP contribution in [0, 0.1) is 0 Å². The molecule has 1 N–H and O–H groups in total. The van der Waals surface area contributed by atoms with Crippen LogP contribution in [0.15, 0.2) is 78.2 Å². The Morgan fingerprint density at radius 1 is 0.893 bits per heavy atom. The van der Waals surface area contributed by atoms with E-state index in [1.807, 2.05) is 53.4 Å². The minimum Gasteiger partial charge on any atom is -0.378 e. The van der Waals surface area contributed by atoms with Gasteiger partial charge in [0.2, 0.25) is 5.91 Å². The van der Waals surface area contributed by atoms with Gasteiger partial charge in [-0.15, -0.1) is 11.3 Å². The van der Waals surface area contributed by atoms with E-state index in [-0.39, 0.29) is 11.9 Å². The number of benzene rings is 2. The van der Waals surface area contributed by atoms with Crippen molar-refractivity contribution in [2.45, 2.75) is 12.1 Å². The Hall–Kier alpha value is -2.47. The molecule has 2 atom stereocenters. The summed E-state index contributed by atoms with van der Waals surface area (Å²) in [5.74, 6) is 0.104. The summed E-state index contributed by atoms with van der Waals surface area (Å²) in [7, 11) is 0. The summed E-state index contributed by atoms with van der Waals surface area (Å²) in [5.41, 5.74) is 2.14. The standard InChI is InChI=1S/C23H24N2O2S/c26-23(25-13-15-27-16-14-25)22(19-10-5-2-6-11-19)24-21(20-12-7-17-28-20)18-8-3-1-4-9-18/h1-12,17,21-22,24H,13-16H2/t21-,22+/m0/s1. The van der Waals surface area contributed by atoms with Gasteiger partial charge in [0.25, 0.3) is 0 Å². The van der Waals surface area contributed by atoms with Gasteiger partial charge in [0, 0.05) is 18.0 Å². The number of hydrogen-bond donors (Lipinski definition) is 1. The second-order valence-corrected chi connectivity index (χ2v) is 7.79. The lowest BCUT2D eigenvalue weighted by Gasteiger charge is -2.33. The number of rotatable bonds is 6. The molecule has 0 saturated carbocycles. The first kappa shape index (κ1) is 18.9. The molecule has 1 aliphatic heterocycles. The Kier molecular flexibility index (Phi) is 6.17. The summed E-state index contributed by atoms with van der Waals surface area (Å²) in [6.07, 6.45) is 0. The fourth-order valence-corrected chi connectivity index (χ4v) is 4.34. The van der Waals surface area contributed by atoms with E-state index in [1.165, 1.54) is 4.88 Å². The number of nitrogens with one attached hydrogen (secondary N) is 1. The number of carbonyl (C=O) groups is 1. The van der Waals surface area contributed by atoms with Gasteiger partial charge in [-0.25, -0.2) is 0 Å². The van der Waals surface area contributed by atoms with Crippen LogP contribution < -0.4 is 5.32 Å². The number of hydrogen-bond acceptors (Lipinski definition) is 4. The van der Waals surface area contributed by atoms with Crippen LogP contribution in [0.3, 0.4) is 0 Å². The lowest BCUT2D eigenvalue weighted by Crippen LogP contribution is -2.47. The molecule has 1 saturated heterocycles. The van der Waals surface area contributed by atoms with Crippen LogP contribution in [0.25, 0.3) is 0 Å². The summed E-state index contributed by atoms with van der Waals surface area (Å²) >= 11 is 1.70. The normalized spacial score (nSPS) is 16.5. The Bertz CT molecular complexity index is 862. The number of amides is 1. The maximum atomic E-state index is 13.4. The van der Waals surface area contributed by atoms with Crippen LogP contribution in [0.2, 0.25) is 0 Å². The van der Waals surface area contributed by atoms with E-state index in [4.69, 9.17) is 4.74 Å². The highest BCUT2D eigenvalue weighted by atomic mass is 32.1. The highest BCUT2D eigenvalue weighted by Gasteiger charge is 2.30. The molecule has 144 valence electrons. The second kappa shape index (κ2) is 9.15. The highest BCUT2D eigenvalue weighted by Crippen LogP contribution is 2.30. The van der Waals surface area contributed by atoms with E-state index < -0.39 is 6.04 Å². The molecule has 1 amide bonds. The van der Waals surface area contributed by atoms with Crippen LogP contribution in [0.1, 0.15) is 28.1 Å². The predicted molar refractivity (Wildman–Crippen MR) is 112 cm³/mol. The number of carbonyl (C=O) groups excluding carboxylic acids is 1. The highest BCUT2D eigenvalue weighted by molar-refractivity contribution is 7.10.